The number of ether oxygens (including phenoxy) is 2. The Morgan fingerprint density at radius 2 is 2.11 bits per heavy atom. The van der Waals surface area contributed by atoms with Gasteiger partial charge >= 0.3 is 0 Å². The standard InChI is InChI=1S/C21H23N3O3/c22-14-18-7-4-8-19(13-18)27-11-9-23-21(25)20-16-26-12-10-24(20)15-17-5-2-1-3-6-17/h1-8,13,20H,9-12,15-16H2,(H,23,25)/t20-/m1/s1. The molecule has 1 atom stereocenters. The molecule has 140 valence electrons. The Morgan fingerprint density at radius 3 is 2.93 bits per heavy atom. The Labute approximate surface area is 159 Å². The normalized spacial score (nSPS) is 17.1. The van der Waals surface area contributed by atoms with Crippen molar-refractivity contribution in [1.82, 2.24) is 10.2 Å². The van der Waals surface area contributed by atoms with Crippen molar-refractivity contribution in [2.24, 2.45) is 0 Å². The number of carbonyl (C=O) groups is 1. The van der Waals surface area contributed by atoms with Gasteiger partial charge in [0.1, 0.15) is 18.4 Å². The molecule has 1 heterocycles. The summed E-state index contributed by atoms with van der Waals surface area (Å²) >= 11 is 0. The first-order valence-corrected chi connectivity index (χ1v) is 9.02. The van der Waals surface area contributed by atoms with Crippen LogP contribution in [0.5, 0.6) is 5.75 Å². The average Bonchev–Trinajstić information content (AvgIpc) is 2.72. The van der Waals surface area contributed by atoms with E-state index in [4.69, 9.17) is 14.7 Å². The second-order valence-corrected chi connectivity index (χ2v) is 6.33. The molecule has 0 saturated carbocycles. The number of morpholine rings is 1. The van der Waals surface area contributed by atoms with Crippen LogP contribution in [0, 0.1) is 11.3 Å². The molecule has 0 spiro atoms. The molecule has 1 amide bonds. The van der Waals surface area contributed by atoms with E-state index in [1.165, 1.54) is 5.56 Å². The van der Waals surface area contributed by atoms with E-state index in [-0.39, 0.29) is 11.9 Å². The van der Waals surface area contributed by atoms with Gasteiger partial charge < -0.3 is 14.8 Å². The second-order valence-electron chi connectivity index (χ2n) is 6.33. The first-order chi connectivity index (χ1) is 13.3. The largest absolute Gasteiger partial charge is 0.492 e. The predicted molar refractivity (Wildman–Crippen MR) is 101 cm³/mol. The number of benzene rings is 2. The third kappa shape index (κ3) is 5.55. The number of nitriles is 1. The molecule has 27 heavy (non-hydrogen) atoms. The number of nitrogens with zero attached hydrogens (tertiary/aromatic N) is 2. The molecule has 1 aliphatic heterocycles. The van der Waals surface area contributed by atoms with E-state index in [0.717, 1.165) is 13.1 Å². The van der Waals surface area contributed by atoms with E-state index >= 15 is 0 Å². The van der Waals surface area contributed by atoms with Gasteiger partial charge in [0.25, 0.3) is 0 Å². The van der Waals surface area contributed by atoms with Gasteiger partial charge in [0.15, 0.2) is 0 Å². The lowest BCUT2D eigenvalue weighted by molar-refractivity contribution is -0.133. The van der Waals surface area contributed by atoms with Crippen LogP contribution in [0.1, 0.15) is 11.1 Å². The summed E-state index contributed by atoms with van der Waals surface area (Å²) in [5.41, 5.74) is 1.73. The van der Waals surface area contributed by atoms with Crippen LogP contribution in [0.3, 0.4) is 0 Å². The van der Waals surface area contributed by atoms with Crippen molar-refractivity contribution in [2.45, 2.75) is 12.6 Å². The van der Waals surface area contributed by atoms with Gasteiger partial charge in [-0.3, -0.25) is 9.69 Å². The van der Waals surface area contributed by atoms with Crippen molar-refractivity contribution < 1.29 is 14.3 Å². The smallest absolute Gasteiger partial charge is 0.239 e. The molecule has 6 heteroatoms. The van der Waals surface area contributed by atoms with Gasteiger partial charge in [-0.1, -0.05) is 36.4 Å². The summed E-state index contributed by atoms with van der Waals surface area (Å²) in [6.45, 7) is 3.21. The molecular formula is C21H23N3O3. The van der Waals surface area contributed by atoms with E-state index in [1.807, 2.05) is 18.2 Å². The summed E-state index contributed by atoms with van der Waals surface area (Å²) < 4.78 is 11.1. The molecule has 0 aromatic heterocycles. The third-order valence-electron chi connectivity index (χ3n) is 4.40. The van der Waals surface area contributed by atoms with Crippen molar-refractivity contribution in [1.29, 1.82) is 5.26 Å². The summed E-state index contributed by atoms with van der Waals surface area (Å²) in [5.74, 6) is 0.565. The molecule has 1 N–H and O–H groups in total. The Morgan fingerprint density at radius 1 is 1.26 bits per heavy atom. The van der Waals surface area contributed by atoms with Crippen LogP contribution in [0.4, 0.5) is 0 Å². The molecule has 2 aromatic rings. The molecule has 0 radical (unpaired) electrons. The number of amides is 1. The van der Waals surface area contributed by atoms with E-state index < -0.39 is 0 Å². The minimum Gasteiger partial charge on any atom is -0.492 e. The topological polar surface area (TPSA) is 74.6 Å². The quantitative estimate of drug-likeness (QED) is 0.759. The van der Waals surface area contributed by atoms with Crippen LogP contribution in [0.25, 0.3) is 0 Å². The maximum Gasteiger partial charge on any atom is 0.239 e. The van der Waals surface area contributed by atoms with Crippen LogP contribution in [-0.2, 0) is 16.1 Å². The molecule has 3 rings (SSSR count). The monoisotopic (exact) mass is 365 g/mol. The average molecular weight is 365 g/mol. The van der Waals surface area contributed by atoms with Crippen LogP contribution in [0.15, 0.2) is 54.6 Å². The molecule has 0 aliphatic carbocycles. The van der Waals surface area contributed by atoms with Crippen LogP contribution in [-0.4, -0.2) is 49.8 Å². The van der Waals surface area contributed by atoms with Crippen molar-refractivity contribution in [3.05, 3.63) is 65.7 Å². The SMILES string of the molecule is N#Cc1cccc(OCCNC(=O)[C@H]2COCCN2Cc2ccccc2)c1. The van der Waals surface area contributed by atoms with Gasteiger partial charge in [-0.2, -0.15) is 5.26 Å². The number of rotatable bonds is 7. The number of carbonyl (C=O) groups excluding carboxylic acids is 1. The number of hydrogen-bond donors (Lipinski definition) is 1. The minimum absolute atomic E-state index is 0.0555. The molecule has 6 nitrogen and oxygen atoms in total. The molecule has 0 unspecified atom stereocenters. The lowest BCUT2D eigenvalue weighted by Gasteiger charge is -2.34. The van der Waals surface area contributed by atoms with Crippen molar-refractivity contribution >= 4 is 5.91 Å². The van der Waals surface area contributed by atoms with Crippen molar-refractivity contribution in [2.75, 3.05) is 32.9 Å². The molecular weight excluding hydrogens is 342 g/mol. The van der Waals surface area contributed by atoms with Crippen LogP contribution < -0.4 is 10.1 Å². The Hall–Kier alpha value is -2.88. The van der Waals surface area contributed by atoms with Crippen LogP contribution >= 0.6 is 0 Å². The molecule has 2 aromatic carbocycles. The van der Waals surface area contributed by atoms with Gasteiger partial charge in [-0.25, -0.2) is 0 Å². The maximum atomic E-state index is 12.6. The van der Waals surface area contributed by atoms with Crippen molar-refractivity contribution in [3.63, 3.8) is 0 Å². The van der Waals surface area contributed by atoms with E-state index in [0.29, 0.717) is 37.7 Å². The zero-order valence-electron chi connectivity index (χ0n) is 15.1. The van der Waals surface area contributed by atoms with E-state index in [1.54, 1.807) is 24.3 Å². The Bertz CT molecular complexity index is 789. The lowest BCUT2D eigenvalue weighted by Crippen LogP contribution is -2.53. The molecule has 1 fully saturated rings. The highest BCUT2D eigenvalue weighted by molar-refractivity contribution is 5.82. The summed E-state index contributed by atoms with van der Waals surface area (Å²) in [6, 6.07) is 18.9. The Balaban J connectivity index is 1.47. The predicted octanol–water partition coefficient (Wildman–Crippen LogP) is 1.95. The zero-order valence-corrected chi connectivity index (χ0v) is 15.1. The first-order valence-electron chi connectivity index (χ1n) is 9.02. The Kier molecular flexibility index (Phi) is 6.80. The molecule has 1 saturated heterocycles. The zero-order chi connectivity index (χ0) is 18.9. The van der Waals surface area contributed by atoms with Gasteiger partial charge in [0.05, 0.1) is 31.4 Å². The first kappa shape index (κ1) is 18.9. The fourth-order valence-electron chi connectivity index (χ4n) is 3.00. The highest BCUT2D eigenvalue weighted by atomic mass is 16.5. The number of hydrogen-bond acceptors (Lipinski definition) is 5. The van der Waals surface area contributed by atoms with E-state index in [9.17, 15) is 4.79 Å². The summed E-state index contributed by atoms with van der Waals surface area (Å²) in [4.78, 5) is 14.7. The maximum absolute atomic E-state index is 12.6. The summed E-state index contributed by atoms with van der Waals surface area (Å²) in [6.07, 6.45) is 0. The summed E-state index contributed by atoms with van der Waals surface area (Å²) in [7, 11) is 0. The fraction of sp³-hybridized carbons (Fsp3) is 0.333. The summed E-state index contributed by atoms with van der Waals surface area (Å²) in [5, 5.41) is 11.8. The van der Waals surface area contributed by atoms with Gasteiger partial charge in [-0.05, 0) is 23.8 Å². The second kappa shape index (κ2) is 9.72. The van der Waals surface area contributed by atoms with Gasteiger partial charge in [0.2, 0.25) is 5.91 Å². The third-order valence-corrected chi connectivity index (χ3v) is 4.40. The van der Waals surface area contributed by atoms with Crippen molar-refractivity contribution in [3.8, 4) is 11.8 Å². The highest BCUT2D eigenvalue weighted by Gasteiger charge is 2.29. The fourth-order valence-corrected chi connectivity index (χ4v) is 3.00. The van der Waals surface area contributed by atoms with E-state index in [2.05, 4.69) is 28.4 Å². The van der Waals surface area contributed by atoms with Crippen LogP contribution in [0.2, 0.25) is 0 Å². The minimum atomic E-state index is -0.305. The van der Waals surface area contributed by atoms with Gasteiger partial charge in [0, 0.05) is 13.1 Å². The van der Waals surface area contributed by atoms with Gasteiger partial charge in [-0.15, -0.1) is 0 Å². The number of nitrogens with one attached hydrogen (secondary N) is 1. The molecule has 0 bridgehead atoms. The lowest BCUT2D eigenvalue weighted by atomic mass is 10.1. The molecule has 1 aliphatic rings. The highest BCUT2D eigenvalue weighted by Crippen LogP contribution is 2.13.